The second-order valence-corrected chi connectivity index (χ2v) is 5.90. The molecular formula is C16H22N2O. The van der Waals surface area contributed by atoms with Crippen LogP contribution in [0.15, 0.2) is 30.3 Å². The van der Waals surface area contributed by atoms with E-state index in [1.807, 2.05) is 6.07 Å². The van der Waals surface area contributed by atoms with Gasteiger partial charge in [0.2, 0.25) is 5.91 Å². The van der Waals surface area contributed by atoms with E-state index in [0.29, 0.717) is 11.8 Å². The second-order valence-electron chi connectivity index (χ2n) is 5.90. The molecule has 2 saturated heterocycles. The Morgan fingerprint density at radius 1 is 1.32 bits per heavy atom. The van der Waals surface area contributed by atoms with Crippen molar-refractivity contribution in [3.8, 4) is 0 Å². The number of likely N-dealkylation sites (tertiary alicyclic amines) is 1. The first-order chi connectivity index (χ1) is 9.25. The molecule has 3 heteroatoms. The van der Waals surface area contributed by atoms with E-state index in [2.05, 4.69) is 41.4 Å². The second kappa shape index (κ2) is 5.33. The van der Waals surface area contributed by atoms with Gasteiger partial charge in [0.15, 0.2) is 0 Å². The molecule has 0 spiro atoms. The number of amides is 1. The van der Waals surface area contributed by atoms with Gasteiger partial charge in [0.1, 0.15) is 0 Å². The van der Waals surface area contributed by atoms with Gasteiger partial charge < -0.3 is 10.2 Å². The minimum atomic E-state index is 0.0410. The van der Waals surface area contributed by atoms with E-state index in [0.717, 1.165) is 32.4 Å². The van der Waals surface area contributed by atoms with Gasteiger partial charge in [-0.05, 0) is 37.3 Å². The van der Waals surface area contributed by atoms with Crippen LogP contribution in [0.2, 0.25) is 0 Å². The van der Waals surface area contributed by atoms with Crippen LogP contribution in [0.25, 0.3) is 0 Å². The molecule has 0 aromatic heterocycles. The molecule has 1 aromatic rings. The zero-order valence-corrected chi connectivity index (χ0v) is 11.5. The molecule has 2 heterocycles. The number of benzene rings is 1. The number of nitrogens with one attached hydrogen (secondary N) is 1. The molecule has 1 N–H and O–H groups in total. The van der Waals surface area contributed by atoms with Crippen molar-refractivity contribution in [2.24, 2.45) is 5.92 Å². The summed E-state index contributed by atoms with van der Waals surface area (Å²) in [5, 5.41) is 3.36. The summed E-state index contributed by atoms with van der Waals surface area (Å²) in [4.78, 5) is 14.7. The summed E-state index contributed by atoms with van der Waals surface area (Å²) in [6, 6.07) is 10.8. The van der Waals surface area contributed by atoms with Crippen molar-refractivity contribution in [1.82, 2.24) is 10.2 Å². The first-order valence-corrected chi connectivity index (χ1v) is 7.34. The van der Waals surface area contributed by atoms with Crippen LogP contribution >= 0.6 is 0 Å². The van der Waals surface area contributed by atoms with E-state index in [1.165, 1.54) is 5.56 Å². The number of rotatable bonds is 2. The molecule has 0 saturated carbocycles. The summed E-state index contributed by atoms with van der Waals surface area (Å²) in [7, 11) is 0. The molecule has 102 valence electrons. The molecule has 1 aromatic carbocycles. The Hall–Kier alpha value is -1.35. The zero-order chi connectivity index (χ0) is 13.2. The SMILES string of the molecule is C[C@@H]1CNC(C(=O)N2CCC[C@H]2c2ccccc2)C1. The number of hydrogen-bond donors (Lipinski definition) is 1. The largest absolute Gasteiger partial charge is 0.334 e. The van der Waals surface area contributed by atoms with Crippen molar-refractivity contribution in [3.63, 3.8) is 0 Å². The molecule has 0 bridgehead atoms. The standard InChI is InChI=1S/C16H22N2O/c1-12-10-14(17-11-12)16(19)18-9-5-8-15(18)13-6-3-2-4-7-13/h2-4,6-7,12,14-15,17H,5,8-11H2,1H3/t12-,14?,15-/m0/s1. The molecule has 0 radical (unpaired) electrons. The molecule has 2 fully saturated rings. The Bertz CT molecular complexity index is 445. The van der Waals surface area contributed by atoms with Crippen LogP contribution < -0.4 is 5.32 Å². The molecule has 1 unspecified atom stereocenters. The third kappa shape index (κ3) is 2.52. The van der Waals surface area contributed by atoms with Crippen LogP contribution in [-0.2, 0) is 4.79 Å². The molecule has 19 heavy (non-hydrogen) atoms. The van der Waals surface area contributed by atoms with E-state index < -0.39 is 0 Å². The maximum absolute atomic E-state index is 12.6. The van der Waals surface area contributed by atoms with E-state index in [4.69, 9.17) is 0 Å². The molecule has 3 rings (SSSR count). The molecule has 2 aliphatic heterocycles. The van der Waals surface area contributed by atoms with Crippen molar-refractivity contribution in [2.75, 3.05) is 13.1 Å². The summed E-state index contributed by atoms with van der Waals surface area (Å²) in [5.74, 6) is 0.919. The van der Waals surface area contributed by atoms with Gasteiger partial charge in [-0.15, -0.1) is 0 Å². The predicted molar refractivity (Wildman–Crippen MR) is 75.7 cm³/mol. The fraction of sp³-hybridized carbons (Fsp3) is 0.562. The minimum Gasteiger partial charge on any atom is -0.334 e. The lowest BCUT2D eigenvalue weighted by Crippen LogP contribution is -2.43. The summed E-state index contributed by atoms with van der Waals surface area (Å²) in [6.07, 6.45) is 3.20. The van der Waals surface area contributed by atoms with Crippen LogP contribution in [0.3, 0.4) is 0 Å². The van der Waals surface area contributed by atoms with Crippen LogP contribution in [0.4, 0.5) is 0 Å². The van der Waals surface area contributed by atoms with Gasteiger partial charge in [0.05, 0.1) is 12.1 Å². The highest BCUT2D eigenvalue weighted by molar-refractivity contribution is 5.83. The molecule has 2 aliphatic rings. The van der Waals surface area contributed by atoms with E-state index in [-0.39, 0.29) is 12.1 Å². The number of carbonyl (C=O) groups is 1. The first kappa shape index (κ1) is 12.7. The lowest BCUT2D eigenvalue weighted by Gasteiger charge is -2.27. The van der Waals surface area contributed by atoms with Gasteiger partial charge >= 0.3 is 0 Å². The number of hydrogen-bond acceptors (Lipinski definition) is 2. The number of nitrogens with zero attached hydrogens (tertiary/aromatic N) is 1. The van der Waals surface area contributed by atoms with Crippen molar-refractivity contribution >= 4 is 5.91 Å². The normalized spacial score (nSPS) is 30.8. The zero-order valence-electron chi connectivity index (χ0n) is 11.5. The maximum atomic E-state index is 12.6. The first-order valence-electron chi connectivity index (χ1n) is 7.34. The van der Waals surface area contributed by atoms with Gasteiger partial charge in [-0.25, -0.2) is 0 Å². The fourth-order valence-electron chi connectivity index (χ4n) is 3.35. The monoisotopic (exact) mass is 258 g/mol. The number of carbonyl (C=O) groups excluding carboxylic acids is 1. The van der Waals surface area contributed by atoms with Crippen molar-refractivity contribution in [3.05, 3.63) is 35.9 Å². The average molecular weight is 258 g/mol. The Balaban J connectivity index is 1.74. The lowest BCUT2D eigenvalue weighted by molar-refractivity contribution is -0.134. The Labute approximate surface area is 115 Å². The van der Waals surface area contributed by atoms with Crippen molar-refractivity contribution in [2.45, 2.75) is 38.3 Å². The molecular weight excluding hydrogens is 236 g/mol. The molecule has 0 aliphatic carbocycles. The van der Waals surface area contributed by atoms with E-state index >= 15 is 0 Å². The summed E-state index contributed by atoms with van der Waals surface area (Å²) in [6.45, 7) is 4.09. The highest BCUT2D eigenvalue weighted by Crippen LogP contribution is 2.33. The topological polar surface area (TPSA) is 32.3 Å². The van der Waals surface area contributed by atoms with Crippen molar-refractivity contribution in [1.29, 1.82) is 0 Å². The highest BCUT2D eigenvalue weighted by Gasteiger charge is 2.36. The fourth-order valence-corrected chi connectivity index (χ4v) is 3.35. The van der Waals surface area contributed by atoms with Gasteiger partial charge in [-0.2, -0.15) is 0 Å². The summed E-state index contributed by atoms with van der Waals surface area (Å²) < 4.78 is 0. The van der Waals surface area contributed by atoms with Crippen LogP contribution in [0, 0.1) is 5.92 Å². The van der Waals surface area contributed by atoms with Gasteiger partial charge in [-0.3, -0.25) is 4.79 Å². The Morgan fingerprint density at radius 2 is 2.11 bits per heavy atom. The Morgan fingerprint density at radius 3 is 2.79 bits per heavy atom. The molecule has 3 atom stereocenters. The van der Waals surface area contributed by atoms with Crippen LogP contribution in [-0.4, -0.2) is 29.9 Å². The third-order valence-electron chi connectivity index (χ3n) is 4.37. The smallest absolute Gasteiger partial charge is 0.240 e. The third-order valence-corrected chi connectivity index (χ3v) is 4.37. The highest BCUT2D eigenvalue weighted by atomic mass is 16.2. The average Bonchev–Trinajstić information content (AvgIpc) is 3.07. The summed E-state index contributed by atoms with van der Waals surface area (Å²) >= 11 is 0. The quantitative estimate of drug-likeness (QED) is 0.883. The van der Waals surface area contributed by atoms with Gasteiger partial charge in [0.25, 0.3) is 0 Å². The lowest BCUT2D eigenvalue weighted by atomic mass is 10.0. The van der Waals surface area contributed by atoms with E-state index in [9.17, 15) is 4.79 Å². The minimum absolute atomic E-state index is 0.0410. The molecule has 1 amide bonds. The molecule has 3 nitrogen and oxygen atoms in total. The van der Waals surface area contributed by atoms with E-state index in [1.54, 1.807) is 0 Å². The van der Waals surface area contributed by atoms with Gasteiger partial charge in [-0.1, -0.05) is 37.3 Å². The summed E-state index contributed by atoms with van der Waals surface area (Å²) in [5.41, 5.74) is 1.28. The predicted octanol–water partition coefficient (Wildman–Crippen LogP) is 2.35. The van der Waals surface area contributed by atoms with Crippen LogP contribution in [0.1, 0.15) is 37.8 Å². The Kier molecular flexibility index (Phi) is 3.56. The van der Waals surface area contributed by atoms with Crippen molar-refractivity contribution < 1.29 is 4.79 Å². The van der Waals surface area contributed by atoms with Gasteiger partial charge in [0, 0.05) is 6.54 Å². The maximum Gasteiger partial charge on any atom is 0.240 e. The van der Waals surface area contributed by atoms with Crippen LogP contribution in [0.5, 0.6) is 0 Å².